The van der Waals surface area contributed by atoms with Crippen molar-refractivity contribution in [3.8, 4) is 0 Å². The molecule has 212 valence electrons. The first-order chi connectivity index (χ1) is 17.5. The van der Waals surface area contributed by atoms with Gasteiger partial charge >= 0.3 is 5.97 Å². The summed E-state index contributed by atoms with van der Waals surface area (Å²) in [6.07, 6.45) is 30.4. The molecule has 4 N–H and O–H groups in total. The fourth-order valence-electron chi connectivity index (χ4n) is 4.74. The van der Waals surface area contributed by atoms with Crippen LogP contribution < -0.4 is 11.1 Å². The van der Waals surface area contributed by atoms with E-state index in [-0.39, 0.29) is 12.3 Å². The summed E-state index contributed by atoms with van der Waals surface area (Å²) in [6, 6.07) is -1.22. The first kappa shape index (κ1) is 34.4. The number of nitrogens with two attached hydrogens (primary N) is 1. The van der Waals surface area contributed by atoms with E-state index in [1.807, 2.05) is 0 Å². The second kappa shape index (κ2) is 26.5. The van der Waals surface area contributed by atoms with Crippen LogP contribution in [0.2, 0.25) is 0 Å². The standard InChI is InChI=1S/C30H58N2O4/c1-2-3-4-5-6-7-8-9-10-11-12-13-14-15-16-17-18-19-20-21-22-23-24-25-29(34)32-27(30(35)36)26-28(31)33/h27H,2-26H2,1H3,(H2,31,33)(H,32,34)(H,35,36)/t27-/m0/s1. The smallest absolute Gasteiger partial charge is 0.326 e. The van der Waals surface area contributed by atoms with Crippen molar-refractivity contribution in [3.63, 3.8) is 0 Å². The van der Waals surface area contributed by atoms with Crippen molar-refractivity contribution in [1.82, 2.24) is 5.32 Å². The molecule has 36 heavy (non-hydrogen) atoms. The van der Waals surface area contributed by atoms with E-state index in [2.05, 4.69) is 12.2 Å². The zero-order chi connectivity index (χ0) is 26.7. The summed E-state index contributed by atoms with van der Waals surface area (Å²) in [6.45, 7) is 2.28. The van der Waals surface area contributed by atoms with Gasteiger partial charge in [-0.1, -0.05) is 148 Å². The number of rotatable bonds is 28. The van der Waals surface area contributed by atoms with Crippen molar-refractivity contribution in [2.75, 3.05) is 0 Å². The average molecular weight is 511 g/mol. The quantitative estimate of drug-likeness (QED) is 0.0932. The molecule has 0 spiro atoms. The number of hydrogen-bond acceptors (Lipinski definition) is 3. The van der Waals surface area contributed by atoms with E-state index >= 15 is 0 Å². The molecule has 0 aromatic heterocycles. The molecule has 0 rings (SSSR count). The molecule has 6 nitrogen and oxygen atoms in total. The molecule has 0 aliphatic heterocycles. The van der Waals surface area contributed by atoms with Gasteiger partial charge in [0.05, 0.1) is 6.42 Å². The summed E-state index contributed by atoms with van der Waals surface area (Å²) in [5.74, 6) is -2.29. The lowest BCUT2D eigenvalue weighted by Gasteiger charge is -2.12. The second-order valence-corrected chi connectivity index (χ2v) is 10.7. The van der Waals surface area contributed by atoms with Gasteiger partial charge in [-0.05, 0) is 6.42 Å². The minimum Gasteiger partial charge on any atom is -0.480 e. The van der Waals surface area contributed by atoms with Crippen LogP contribution in [0.15, 0.2) is 0 Å². The fraction of sp³-hybridized carbons (Fsp3) is 0.900. The Morgan fingerprint density at radius 2 is 0.889 bits per heavy atom. The maximum atomic E-state index is 11.8. The zero-order valence-corrected chi connectivity index (χ0v) is 23.5. The molecule has 6 heteroatoms. The monoisotopic (exact) mass is 510 g/mol. The lowest BCUT2D eigenvalue weighted by Crippen LogP contribution is -2.43. The van der Waals surface area contributed by atoms with Gasteiger partial charge in [0, 0.05) is 6.42 Å². The third-order valence-electron chi connectivity index (χ3n) is 7.05. The van der Waals surface area contributed by atoms with Gasteiger partial charge in [-0.15, -0.1) is 0 Å². The number of carbonyl (C=O) groups is 3. The average Bonchev–Trinajstić information content (AvgIpc) is 2.83. The molecule has 0 aliphatic rings. The van der Waals surface area contributed by atoms with Gasteiger partial charge in [-0.2, -0.15) is 0 Å². The number of carboxylic acid groups (broad SMARTS) is 1. The summed E-state index contributed by atoms with van der Waals surface area (Å²) in [7, 11) is 0. The molecule has 0 aromatic carbocycles. The number of nitrogens with one attached hydrogen (secondary N) is 1. The molecule has 0 bridgehead atoms. The molecule has 0 heterocycles. The summed E-state index contributed by atoms with van der Waals surface area (Å²) in [5.41, 5.74) is 5.02. The highest BCUT2D eigenvalue weighted by Gasteiger charge is 2.21. The Bertz CT molecular complexity index is 539. The van der Waals surface area contributed by atoms with E-state index in [9.17, 15) is 14.4 Å². The van der Waals surface area contributed by atoms with Crippen LogP contribution in [0, 0.1) is 0 Å². The fourth-order valence-corrected chi connectivity index (χ4v) is 4.74. The Hall–Kier alpha value is -1.59. The molecule has 0 aromatic rings. The molecule has 2 amide bonds. The number of carbonyl (C=O) groups excluding carboxylic acids is 2. The lowest BCUT2D eigenvalue weighted by atomic mass is 10.0. The van der Waals surface area contributed by atoms with Gasteiger partial charge in [0.2, 0.25) is 11.8 Å². The van der Waals surface area contributed by atoms with Crippen LogP contribution in [0.4, 0.5) is 0 Å². The van der Waals surface area contributed by atoms with E-state index in [0.717, 1.165) is 19.3 Å². The summed E-state index contributed by atoms with van der Waals surface area (Å²) >= 11 is 0. The highest BCUT2D eigenvalue weighted by atomic mass is 16.4. The van der Waals surface area contributed by atoms with Gasteiger partial charge in [-0.3, -0.25) is 9.59 Å². The van der Waals surface area contributed by atoms with Gasteiger partial charge < -0.3 is 16.2 Å². The van der Waals surface area contributed by atoms with Crippen LogP contribution >= 0.6 is 0 Å². The molecule has 1 atom stereocenters. The van der Waals surface area contributed by atoms with Crippen LogP contribution in [0.5, 0.6) is 0 Å². The van der Waals surface area contributed by atoms with E-state index < -0.39 is 17.9 Å². The Kier molecular flexibility index (Phi) is 25.3. The molecular weight excluding hydrogens is 452 g/mol. The number of primary amides is 1. The van der Waals surface area contributed by atoms with Gasteiger partial charge in [-0.25, -0.2) is 4.79 Å². The Morgan fingerprint density at radius 3 is 1.17 bits per heavy atom. The van der Waals surface area contributed by atoms with Crippen LogP contribution in [0.3, 0.4) is 0 Å². The highest BCUT2D eigenvalue weighted by molar-refractivity contribution is 5.88. The molecule has 0 saturated heterocycles. The van der Waals surface area contributed by atoms with E-state index in [4.69, 9.17) is 10.8 Å². The van der Waals surface area contributed by atoms with Crippen LogP contribution in [-0.2, 0) is 14.4 Å². The molecule has 0 aliphatic carbocycles. The van der Waals surface area contributed by atoms with Gasteiger partial charge in [0.15, 0.2) is 0 Å². The van der Waals surface area contributed by atoms with Gasteiger partial charge in [0.1, 0.15) is 6.04 Å². The summed E-state index contributed by atoms with van der Waals surface area (Å²) in [5, 5.41) is 11.4. The van der Waals surface area contributed by atoms with Gasteiger partial charge in [0.25, 0.3) is 0 Å². The van der Waals surface area contributed by atoms with Crippen molar-refractivity contribution in [2.24, 2.45) is 5.73 Å². The number of carboxylic acids is 1. The molecule has 0 unspecified atom stereocenters. The van der Waals surface area contributed by atoms with Crippen LogP contribution in [0.1, 0.15) is 167 Å². The SMILES string of the molecule is CCCCCCCCCCCCCCCCCCCCCCCCCC(=O)N[C@@H](CC(N)=O)C(=O)O. The predicted molar refractivity (Wildman–Crippen MR) is 150 cm³/mol. The third-order valence-corrected chi connectivity index (χ3v) is 7.05. The van der Waals surface area contributed by atoms with E-state index in [0.29, 0.717) is 6.42 Å². The highest BCUT2D eigenvalue weighted by Crippen LogP contribution is 2.15. The van der Waals surface area contributed by atoms with Crippen LogP contribution in [0.25, 0.3) is 0 Å². The predicted octanol–water partition coefficient (Wildman–Crippen LogP) is 7.81. The molecule has 0 radical (unpaired) electrons. The Labute approximate surface area is 221 Å². The summed E-state index contributed by atoms with van der Waals surface area (Å²) in [4.78, 5) is 33.7. The maximum Gasteiger partial charge on any atom is 0.326 e. The minimum absolute atomic E-state index is 0.293. The van der Waals surface area contributed by atoms with Crippen LogP contribution in [-0.4, -0.2) is 28.9 Å². The van der Waals surface area contributed by atoms with Crippen molar-refractivity contribution in [2.45, 2.75) is 173 Å². The van der Waals surface area contributed by atoms with Crippen molar-refractivity contribution < 1.29 is 19.5 Å². The largest absolute Gasteiger partial charge is 0.480 e. The third kappa shape index (κ3) is 25.5. The Balaban J connectivity index is 3.27. The molecule has 0 saturated carbocycles. The van der Waals surface area contributed by atoms with E-state index in [1.165, 1.54) is 128 Å². The number of unbranched alkanes of at least 4 members (excludes halogenated alkanes) is 22. The first-order valence-corrected chi connectivity index (χ1v) is 15.3. The topological polar surface area (TPSA) is 109 Å². The number of hydrogen-bond donors (Lipinski definition) is 3. The molecule has 0 fully saturated rings. The second-order valence-electron chi connectivity index (χ2n) is 10.7. The lowest BCUT2D eigenvalue weighted by molar-refractivity contribution is -0.143. The first-order valence-electron chi connectivity index (χ1n) is 15.3. The maximum absolute atomic E-state index is 11.8. The zero-order valence-electron chi connectivity index (χ0n) is 23.5. The number of amides is 2. The minimum atomic E-state index is -1.23. The molecular formula is C30H58N2O4. The van der Waals surface area contributed by atoms with Crippen molar-refractivity contribution >= 4 is 17.8 Å². The summed E-state index contributed by atoms with van der Waals surface area (Å²) < 4.78 is 0. The number of aliphatic carboxylic acids is 1. The van der Waals surface area contributed by atoms with Crippen molar-refractivity contribution in [1.29, 1.82) is 0 Å². The normalized spacial score (nSPS) is 11.9. The van der Waals surface area contributed by atoms with E-state index in [1.54, 1.807) is 0 Å². The van der Waals surface area contributed by atoms with Crippen molar-refractivity contribution in [3.05, 3.63) is 0 Å². The Morgan fingerprint density at radius 1 is 0.583 bits per heavy atom.